The van der Waals surface area contributed by atoms with E-state index < -0.39 is 11.8 Å². The van der Waals surface area contributed by atoms with Gasteiger partial charge in [-0.15, -0.1) is 0 Å². The highest BCUT2D eigenvalue weighted by atomic mass is 79.9. The van der Waals surface area contributed by atoms with Crippen LogP contribution >= 0.6 is 15.9 Å². The van der Waals surface area contributed by atoms with Gasteiger partial charge in [-0.1, -0.05) is 47.1 Å². The van der Waals surface area contributed by atoms with Crippen LogP contribution in [-0.4, -0.2) is 11.8 Å². The van der Waals surface area contributed by atoms with Crippen molar-refractivity contribution in [2.75, 3.05) is 5.32 Å². The smallest absolute Gasteiger partial charge is 0.313 e. The summed E-state index contributed by atoms with van der Waals surface area (Å²) in [4.78, 5) is 23.8. The fourth-order valence-electron chi connectivity index (χ4n) is 2.07. The molecule has 2 aromatic rings. The highest BCUT2D eigenvalue weighted by molar-refractivity contribution is 9.10. The van der Waals surface area contributed by atoms with Crippen LogP contribution in [-0.2, 0) is 22.6 Å². The topological polar surface area (TPSA) is 58.2 Å². The predicted octanol–water partition coefficient (Wildman–Crippen LogP) is 3.57. The van der Waals surface area contributed by atoms with Crippen LogP contribution in [0.2, 0.25) is 0 Å². The van der Waals surface area contributed by atoms with E-state index in [1.165, 1.54) is 5.56 Å². The Labute approximate surface area is 144 Å². The van der Waals surface area contributed by atoms with E-state index in [1.807, 2.05) is 37.3 Å². The molecule has 0 aliphatic heterocycles. The summed E-state index contributed by atoms with van der Waals surface area (Å²) in [5.74, 6) is -1.32. The lowest BCUT2D eigenvalue weighted by molar-refractivity contribution is -0.136. The SMILES string of the molecule is CCc1ccc(CNC(=O)C(=O)Nc2ccc(Br)c(C)c2)cc1. The minimum absolute atomic E-state index is 0.329. The molecule has 0 saturated heterocycles. The summed E-state index contributed by atoms with van der Waals surface area (Å²) in [7, 11) is 0. The molecule has 0 atom stereocenters. The van der Waals surface area contributed by atoms with E-state index in [9.17, 15) is 9.59 Å². The zero-order valence-corrected chi connectivity index (χ0v) is 14.7. The molecule has 0 saturated carbocycles. The van der Waals surface area contributed by atoms with E-state index in [-0.39, 0.29) is 0 Å². The summed E-state index contributed by atoms with van der Waals surface area (Å²) >= 11 is 3.39. The van der Waals surface area contributed by atoms with E-state index in [0.29, 0.717) is 12.2 Å². The summed E-state index contributed by atoms with van der Waals surface area (Å²) in [6.07, 6.45) is 0.974. The predicted molar refractivity (Wildman–Crippen MR) is 95.2 cm³/mol. The third-order valence-electron chi connectivity index (χ3n) is 3.51. The molecule has 2 amide bonds. The minimum atomic E-state index is -0.670. The summed E-state index contributed by atoms with van der Waals surface area (Å²) in [5.41, 5.74) is 3.78. The minimum Gasteiger partial charge on any atom is -0.344 e. The average Bonchev–Trinajstić information content (AvgIpc) is 2.56. The first-order valence-corrected chi connectivity index (χ1v) is 8.22. The Hall–Kier alpha value is -2.14. The molecule has 2 rings (SSSR count). The molecule has 0 unspecified atom stereocenters. The van der Waals surface area contributed by atoms with Gasteiger partial charge < -0.3 is 10.6 Å². The van der Waals surface area contributed by atoms with Crippen LogP contribution in [0.3, 0.4) is 0 Å². The third-order valence-corrected chi connectivity index (χ3v) is 4.40. The number of hydrogen-bond donors (Lipinski definition) is 2. The molecule has 23 heavy (non-hydrogen) atoms. The number of rotatable bonds is 4. The molecule has 0 aromatic heterocycles. The Bertz CT molecular complexity index is 711. The van der Waals surface area contributed by atoms with Crippen molar-refractivity contribution < 1.29 is 9.59 Å². The molecule has 0 aliphatic carbocycles. The number of nitrogens with one attached hydrogen (secondary N) is 2. The second-order valence-electron chi connectivity index (χ2n) is 5.27. The molecule has 2 aromatic carbocycles. The molecule has 2 N–H and O–H groups in total. The monoisotopic (exact) mass is 374 g/mol. The first kappa shape index (κ1) is 17.2. The van der Waals surface area contributed by atoms with E-state index in [2.05, 4.69) is 33.5 Å². The van der Waals surface area contributed by atoms with Gasteiger partial charge in [0.2, 0.25) is 0 Å². The number of carbonyl (C=O) groups is 2. The average molecular weight is 375 g/mol. The molecule has 0 radical (unpaired) electrons. The van der Waals surface area contributed by atoms with Gasteiger partial charge in [0.1, 0.15) is 0 Å². The molecule has 4 nitrogen and oxygen atoms in total. The molecule has 0 fully saturated rings. The molecule has 0 bridgehead atoms. The van der Waals surface area contributed by atoms with Crippen molar-refractivity contribution in [2.24, 2.45) is 0 Å². The molecule has 0 aliphatic rings. The van der Waals surface area contributed by atoms with Crippen molar-refractivity contribution in [3.05, 3.63) is 63.6 Å². The number of carbonyl (C=O) groups excluding carboxylic acids is 2. The van der Waals surface area contributed by atoms with Crippen molar-refractivity contribution in [3.8, 4) is 0 Å². The van der Waals surface area contributed by atoms with Crippen molar-refractivity contribution in [1.82, 2.24) is 5.32 Å². The summed E-state index contributed by atoms with van der Waals surface area (Å²) in [5, 5.41) is 5.21. The van der Waals surface area contributed by atoms with Crippen LogP contribution in [0, 0.1) is 6.92 Å². The molecular formula is C18H19BrN2O2. The van der Waals surface area contributed by atoms with Gasteiger partial charge in [-0.05, 0) is 48.2 Å². The maximum Gasteiger partial charge on any atom is 0.313 e. The molecule has 120 valence electrons. The number of anilines is 1. The first-order chi connectivity index (χ1) is 11.0. The standard InChI is InChI=1S/C18H19BrN2O2/c1-3-13-4-6-14(7-5-13)11-20-17(22)18(23)21-15-8-9-16(19)12(2)10-15/h4-10H,3,11H2,1-2H3,(H,20,22)(H,21,23). The van der Waals surface area contributed by atoms with Crippen LogP contribution < -0.4 is 10.6 Å². The maximum atomic E-state index is 11.9. The Morgan fingerprint density at radius 2 is 1.65 bits per heavy atom. The number of halogens is 1. The van der Waals surface area contributed by atoms with Crippen molar-refractivity contribution in [3.63, 3.8) is 0 Å². The lowest BCUT2D eigenvalue weighted by atomic mass is 10.1. The lowest BCUT2D eigenvalue weighted by Gasteiger charge is -2.08. The van der Waals surface area contributed by atoms with Gasteiger partial charge in [0, 0.05) is 16.7 Å². The van der Waals surface area contributed by atoms with Crippen molar-refractivity contribution >= 4 is 33.4 Å². The zero-order valence-electron chi connectivity index (χ0n) is 13.2. The Balaban J connectivity index is 1.89. The lowest BCUT2D eigenvalue weighted by Crippen LogP contribution is -2.34. The second kappa shape index (κ2) is 7.92. The third kappa shape index (κ3) is 4.93. The quantitative estimate of drug-likeness (QED) is 0.803. The molecule has 5 heteroatoms. The van der Waals surface area contributed by atoms with Crippen LogP contribution in [0.25, 0.3) is 0 Å². The second-order valence-corrected chi connectivity index (χ2v) is 6.13. The number of hydrogen-bond acceptors (Lipinski definition) is 2. The van der Waals surface area contributed by atoms with Crippen molar-refractivity contribution in [1.29, 1.82) is 0 Å². The summed E-state index contributed by atoms with van der Waals surface area (Å²) < 4.78 is 0.954. The Morgan fingerprint density at radius 1 is 1.00 bits per heavy atom. The number of amides is 2. The number of aryl methyl sites for hydroxylation is 2. The maximum absolute atomic E-state index is 11.9. The Morgan fingerprint density at radius 3 is 2.26 bits per heavy atom. The number of benzene rings is 2. The van der Waals surface area contributed by atoms with E-state index in [4.69, 9.17) is 0 Å². The fourth-order valence-corrected chi connectivity index (χ4v) is 2.31. The summed E-state index contributed by atoms with van der Waals surface area (Å²) in [6, 6.07) is 13.3. The van der Waals surface area contributed by atoms with Crippen LogP contribution in [0.4, 0.5) is 5.69 Å². The van der Waals surface area contributed by atoms with Gasteiger partial charge in [-0.3, -0.25) is 9.59 Å². The highest BCUT2D eigenvalue weighted by Crippen LogP contribution is 2.19. The van der Waals surface area contributed by atoms with E-state index in [0.717, 1.165) is 22.0 Å². The zero-order chi connectivity index (χ0) is 16.8. The van der Waals surface area contributed by atoms with Gasteiger partial charge in [0.15, 0.2) is 0 Å². The highest BCUT2D eigenvalue weighted by Gasteiger charge is 2.13. The largest absolute Gasteiger partial charge is 0.344 e. The Kier molecular flexibility index (Phi) is 5.93. The van der Waals surface area contributed by atoms with Gasteiger partial charge >= 0.3 is 11.8 Å². The molecular weight excluding hydrogens is 356 g/mol. The van der Waals surface area contributed by atoms with Gasteiger partial charge in [-0.2, -0.15) is 0 Å². The molecule has 0 heterocycles. The van der Waals surface area contributed by atoms with E-state index in [1.54, 1.807) is 12.1 Å². The van der Waals surface area contributed by atoms with Crippen LogP contribution in [0.1, 0.15) is 23.6 Å². The van der Waals surface area contributed by atoms with Gasteiger partial charge in [-0.25, -0.2) is 0 Å². The first-order valence-electron chi connectivity index (χ1n) is 7.42. The normalized spacial score (nSPS) is 10.2. The van der Waals surface area contributed by atoms with Gasteiger partial charge in [0.05, 0.1) is 0 Å². The molecule has 0 spiro atoms. The fraction of sp³-hybridized carbons (Fsp3) is 0.222. The summed E-state index contributed by atoms with van der Waals surface area (Å²) in [6.45, 7) is 4.33. The van der Waals surface area contributed by atoms with E-state index >= 15 is 0 Å². The van der Waals surface area contributed by atoms with Crippen molar-refractivity contribution in [2.45, 2.75) is 26.8 Å². The van der Waals surface area contributed by atoms with Crippen LogP contribution in [0.15, 0.2) is 46.9 Å². The van der Waals surface area contributed by atoms with Crippen LogP contribution in [0.5, 0.6) is 0 Å². The van der Waals surface area contributed by atoms with Gasteiger partial charge in [0.25, 0.3) is 0 Å².